The van der Waals surface area contributed by atoms with Crippen molar-refractivity contribution in [2.24, 2.45) is 17.8 Å². The Balaban J connectivity index is 1.17. The SMILES string of the molecule is Nc1ccc(/C=C/C(=O)NCCC2C3CN(C(=O)c4ccc(OC(F)F)cc4)CC23)cn1. The molecule has 2 amide bonds. The molecule has 0 radical (unpaired) electrons. The van der Waals surface area contributed by atoms with Gasteiger partial charge in [-0.15, -0.1) is 0 Å². The Labute approximate surface area is 184 Å². The van der Waals surface area contributed by atoms with Gasteiger partial charge in [0, 0.05) is 37.5 Å². The number of nitrogens with one attached hydrogen (secondary N) is 1. The number of pyridine rings is 1. The molecule has 1 aliphatic heterocycles. The number of hydrogen-bond acceptors (Lipinski definition) is 5. The second-order valence-electron chi connectivity index (χ2n) is 8.03. The lowest BCUT2D eigenvalue weighted by Crippen LogP contribution is -2.32. The van der Waals surface area contributed by atoms with Gasteiger partial charge >= 0.3 is 6.61 Å². The Morgan fingerprint density at radius 1 is 1.19 bits per heavy atom. The number of amides is 2. The minimum Gasteiger partial charge on any atom is -0.435 e. The van der Waals surface area contributed by atoms with E-state index in [2.05, 4.69) is 15.0 Å². The number of halogens is 2. The van der Waals surface area contributed by atoms with E-state index in [4.69, 9.17) is 5.73 Å². The smallest absolute Gasteiger partial charge is 0.387 e. The molecule has 2 aromatic rings. The Bertz CT molecular complexity index is 983. The van der Waals surface area contributed by atoms with Crippen molar-refractivity contribution in [3.8, 4) is 5.75 Å². The number of benzene rings is 1. The van der Waals surface area contributed by atoms with Gasteiger partial charge in [-0.2, -0.15) is 8.78 Å². The van der Waals surface area contributed by atoms with Crippen LogP contribution in [0, 0.1) is 17.8 Å². The fourth-order valence-electron chi connectivity index (χ4n) is 4.31. The first-order chi connectivity index (χ1) is 15.4. The number of nitrogens with two attached hydrogens (primary N) is 1. The van der Waals surface area contributed by atoms with E-state index in [1.807, 2.05) is 0 Å². The lowest BCUT2D eigenvalue weighted by molar-refractivity contribution is -0.116. The van der Waals surface area contributed by atoms with Gasteiger partial charge in [-0.1, -0.05) is 0 Å². The molecule has 9 heteroatoms. The number of nitrogens with zero attached hydrogens (tertiary/aromatic N) is 2. The van der Waals surface area contributed by atoms with Crippen LogP contribution in [0.15, 0.2) is 48.7 Å². The molecule has 1 saturated heterocycles. The van der Waals surface area contributed by atoms with Crippen LogP contribution in [0.4, 0.5) is 14.6 Å². The predicted molar refractivity (Wildman–Crippen MR) is 115 cm³/mol. The van der Waals surface area contributed by atoms with E-state index in [0.29, 0.717) is 48.8 Å². The highest BCUT2D eigenvalue weighted by Crippen LogP contribution is 2.53. The third-order valence-electron chi connectivity index (χ3n) is 6.00. The molecule has 1 aromatic heterocycles. The highest BCUT2D eigenvalue weighted by atomic mass is 19.3. The van der Waals surface area contributed by atoms with Crippen LogP contribution in [-0.2, 0) is 4.79 Å². The van der Waals surface area contributed by atoms with Gasteiger partial charge in [-0.25, -0.2) is 4.98 Å². The molecule has 3 N–H and O–H groups in total. The summed E-state index contributed by atoms with van der Waals surface area (Å²) in [4.78, 5) is 30.4. The second-order valence-corrected chi connectivity index (χ2v) is 8.03. The topological polar surface area (TPSA) is 97.6 Å². The lowest BCUT2D eigenvalue weighted by Gasteiger charge is -2.20. The zero-order valence-corrected chi connectivity index (χ0v) is 17.3. The van der Waals surface area contributed by atoms with E-state index >= 15 is 0 Å². The molecule has 168 valence electrons. The van der Waals surface area contributed by atoms with E-state index < -0.39 is 6.61 Å². The zero-order chi connectivity index (χ0) is 22.7. The third-order valence-corrected chi connectivity index (χ3v) is 6.00. The maximum absolute atomic E-state index is 12.6. The molecule has 7 nitrogen and oxygen atoms in total. The average molecular weight is 442 g/mol. The van der Waals surface area contributed by atoms with Gasteiger partial charge in [0.05, 0.1) is 0 Å². The number of rotatable bonds is 8. The van der Waals surface area contributed by atoms with Crippen LogP contribution in [0.5, 0.6) is 5.75 Å². The summed E-state index contributed by atoms with van der Waals surface area (Å²) in [6.07, 6.45) is 5.63. The maximum Gasteiger partial charge on any atom is 0.387 e. The van der Waals surface area contributed by atoms with Crippen LogP contribution in [0.2, 0.25) is 0 Å². The van der Waals surface area contributed by atoms with Crippen LogP contribution in [0.25, 0.3) is 6.08 Å². The summed E-state index contributed by atoms with van der Waals surface area (Å²) in [7, 11) is 0. The van der Waals surface area contributed by atoms with Crippen LogP contribution >= 0.6 is 0 Å². The monoisotopic (exact) mass is 442 g/mol. The van der Waals surface area contributed by atoms with E-state index in [9.17, 15) is 18.4 Å². The number of anilines is 1. The van der Waals surface area contributed by atoms with E-state index in [0.717, 1.165) is 12.0 Å². The Hall–Kier alpha value is -3.49. The predicted octanol–water partition coefficient (Wildman–Crippen LogP) is 2.80. The highest BCUT2D eigenvalue weighted by Gasteiger charge is 2.55. The first kappa shape index (κ1) is 21.7. The number of hydrogen-bond donors (Lipinski definition) is 2. The normalized spacial score (nSPS) is 21.6. The molecule has 1 aromatic carbocycles. The summed E-state index contributed by atoms with van der Waals surface area (Å²) < 4.78 is 28.8. The molecule has 2 aliphatic rings. The van der Waals surface area contributed by atoms with Gasteiger partial charge in [-0.3, -0.25) is 9.59 Å². The number of carbonyl (C=O) groups is 2. The molecule has 2 unspecified atom stereocenters. The lowest BCUT2D eigenvalue weighted by atomic mass is 10.1. The number of likely N-dealkylation sites (tertiary alicyclic amines) is 1. The molecule has 1 aliphatic carbocycles. The summed E-state index contributed by atoms with van der Waals surface area (Å²) in [6, 6.07) is 9.22. The van der Waals surface area contributed by atoms with Crippen LogP contribution in [0.3, 0.4) is 0 Å². The first-order valence-corrected chi connectivity index (χ1v) is 10.4. The Kier molecular flexibility index (Phi) is 6.34. The fraction of sp³-hybridized carbons (Fsp3) is 0.348. The molecular formula is C23H24F2N4O3. The van der Waals surface area contributed by atoms with Gasteiger partial charge in [0.2, 0.25) is 5.91 Å². The van der Waals surface area contributed by atoms with E-state index in [1.165, 1.54) is 30.3 Å². The average Bonchev–Trinajstić information content (AvgIpc) is 3.21. The standard InChI is InChI=1S/C23H24F2N4O3/c24-23(25)32-16-5-3-15(4-6-16)22(31)29-12-18-17(19(18)13-29)9-10-27-21(30)8-2-14-1-7-20(26)28-11-14/h1-8,11,17-19,23H,9-10,12-13H2,(H2,26,28)(H,27,30)/b8-2+. The van der Waals surface area contributed by atoms with Gasteiger partial charge in [0.25, 0.3) is 5.91 Å². The van der Waals surface area contributed by atoms with E-state index in [-0.39, 0.29) is 17.6 Å². The van der Waals surface area contributed by atoms with Gasteiger partial charge < -0.3 is 20.7 Å². The van der Waals surface area contributed by atoms with Crippen LogP contribution < -0.4 is 15.8 Å². The van der Waals surface area contributed by atoms with Crippen molar-refractivity contribution in [2.75, 3.05) is 25.4 Å². The molecule has 2 heterocycles. The largest absolute Gasteiger partial charge is 0.435 e. The van der Waals surface area contributed by atoms with Gasteiger partial charge in [0.15, 0.2) is 0 Å². The van der Waals surface area contributed by atoms with Crippen LogP contribution in [-0.4, -0.2) is 47.9 Å². The quantitative estimate of drug-likeness (QED) is 0.613. The molecule has 32 heavy (non-hydrogen) atoms. The second kappa shape index (κ2) is 9.33. The Morgan fingerprint density at radius 3 is 2.53 bits per heavy atom. The molecule has 4 rings (SSSR count). The molecule has 0 bridgehead atoms. The summed E-state index contributed by atoms with van der Waals surface area (Å²) in [6.45, 7) is -0.940. The molecule has 2 atom stereocenters. The number of piperidine rings is 1. The first-order valence-electron chi connectivity index (χ1n) is 10.4. The summed E-state index contributed by atoms with van der Waals surface area (Å²) in [5, 5.41) is 2.89. The van der Waals surface area contributed by atoms with Crippen molar-refractivity contribution < 1.29 is 23.1 Å². The zero-order valence-electron chi connectivity index (χ0n) is 17.3. The Morgan fingerprint density at radius 2 is 1.91 bits per heavy atom. The minimum absolute atomic E-state index is 0.0305. The van der Waals surface area contributed by atoms with Crippen molar-refractivity contribution in [1.29, 1.82) is 0 Å². The molecule has 2 fully saturated rings. The summed E-state index contributed by atoms with van der Waals surface area (Å²) in [5.41, 5.74) is 6.79. The van der Waals surface area contributed by atoms with Crippen molar-refractivity contribution in [1.82, 2.24) is 15.2 Å². The number of nitrogen functional groups attached to an aromatic ring is 1. The number of alkyl halides is 2. The minimum atomic E-state index is -2.89. The number of carbonyl (C=O) groups excluding carboxylic acids is 2. The number of ether oxygens (including phenoxy) is 1. The van der Waals surface area contributed by atoms with Crippen molar-refractivity contribution >= 4 is 23.7 Å². The van der Waals surface area contributed by atoms with Crippen LogP contribution in [0.1, 0.15) is 22.3 Å². The molecule has 1 saturated carbocycles. The number of aromatic nitrogens is 1. The summed E-state index contributed by atoms with van der Waals surface area (Å²) >= 11 is 0. The molecular weight excluding hydrogens is 418 g/mol. The fourth-order valence-corrected chi connectivity index (χ4v) is 4.31. The van der Waals surface area contributed by atoms with Crippen molar-refractivity contribution in [3.05, 3.63) is 59.8 Å². The van der Waals surface area contributed by atoms with Gasteiger partial charge in [-0.05, 0) is 72.2 Å². The molecule has 0 spiro atoms. The van der Waals surface area contributed by atoms with Crippen molar-refractivity contribution in [2.45, 2.75) is 13.0 Å². The van der Waals surface area contributed by atoms with E-state index in [1.54, 1.807) is 29.3 Å². The van der Waals surface area contributed by atoms with Gasteiger partial charge in [0.1, 0.15) is 11.6 Å². The third kappa shape index (κ3) is 5.22. The summed E-state index contributed by atoms with van der Waals surface area (Å²) in [5.74, 6) is 1.61. The highest BCUT2D eigenvalue weighted by molar-refractivity contribution is 5.94. The maximum atomic E-state index is 12.6. The van der Waals surface area contributed by atoms with Crippen molar-refractivity contribution in [3.63, 3.8) is 0 Å². The number of fused-ring (bicyclic) bond motifs is 1.